The van der Waals surface area contributed by atoms with E-state index in [1.54, 1.807) is 12.1 Å². The lowest BCUT2D eigenvalue weighted by molar-refractivity contribution is -0.116. The summed E-state index contributed by atoms with van der Waals surface area (Å²) in [5.74, 6) is 0.643. The van der Waals surface area contributed by atoms with Crippen LogP contribution in [0, 0.1) is 11.8 Å². The van der Waals surface area contributed by atoms with E-state index < -0.39 is 0 Å². The van der Waals surface area contributed by atoms with E-state index in [2.05, 4.69) is 5.32 Å². The number of aliphatic hydroxyl groups excluding tert-OH is 1. The Bertz CT molecular complexity index is 487. The minimum Gasteiger partial charge on any atom is -0.396 e. The number of benzene rings is 1. The van der Waals surface area contributed by atoms with Crippen LogP contribution in [0.3, 0.4) is 0 Å². The Labute approximate surface area is 124 Å². The largest absolute Gasteiger partial charge is 0.396 e. The van der Waals surface area contributed by atoms with Gasteiger partial charge in [0.2, 0.25) is 5.91 Å². The van der Waals surface area contributed by atoms with Crippen molar-refractivity contribution in [1.29, 1.82) is 0 Å². The summed E-state index contributed by atoms with van der Waals surface area (Å²) in [7, 11) is 0. The van der Waals surface area contributed by atoms with Crippen LogP contribution in [0.4, 0.5) is 0 Å². The fraction of sp³-hybridized carbons (Fsp3) is 0.438. The van der Waals surface area contributed by atoms with Gasteiger partial charge in [-0.05, 0) is 48.4 Å². The number of nitrogens with one attached hydrogen (secondary N) is 1. The minimum absolute atomic E-state index is 0.103. The Morgan fingerprint density at radius 3 is 2.95 bits per heavy atom. The zero-order valence-corrected chi connectivity index (χ0v) is 12.1. The van der Waals surface area contributed by atoms with Gasteiger partial charge in [0.1, 0.15) is 0 Å². The molecule has 20 heavy (non-hydrogen) atoms. The first-order chi connectivity index (χ1) is 9.69. The molecule has 4 heteroatoms. The molecule has 3 nitrogen and oxygen atoms in total. The van der Waals surface area contributed by atoms with E-state index in [1.807, 2.05) is 18.2 Å². The van der Waals surface area contributed by atoms with Gasteiger partial charge >= 0.3 is 0 Å². The van der Waals surface area contributed by atoms with Crippen molar-refractivity contribution in [2.75, 3.05) is 13.2 Å². The van der Waals surface area contributed by atoms with Gasteiger partial charge in [-0.2, -0.15) is 0 Å². The van der Waals surface area contributed by atoms with Crippen molar-refractivity contribution in [3.8, 4) is 0 Å². The maximum Gasteiger partial charge on any atom is 0.244 e. The summed E-state index contributed by atoms with van der Waals surface area (Å²) in [5.41, 5.74) is 0.904. The molecule has 1 amide bonds. The van der Waals surface area contributed by atoms with Crippen molar-refractivity contribution in [3.63, 3.8) is 0 Å². The molecule has 2 N–H and O–H groups in total. The molecule has 2 rings (SSSR count). The van der Waals surface area contributed by atoms with Crippen molar-refractivity contribution in [2.45, 2.75) is 19.3 Å². The average Bonchev–Trinajstić information content (AvgIpc) is 2.90. The predicted octanol–water partition coefficient (Wildman–Crippen LogP) is 2.88. The Kier molecular flexibility index (Phi) is 5.62. The van der Waals surface area contributed by atoms with Gasteiger partial charge in [-0.1, -0.05) is 30.2 Å². The van der Waals surface area contributed by atoms with Crippen LogP contribution in [0.1, 0.15) is 24.8 Å². The summed E-state index contributed by atoms with van der Waals surface area (Å²) >= 11 is 5.88. The quantitative estimate of drug-likeness (QED) is 0.820. The van der Waals surface area contributed by atoms with Crippen molar-refractivity contribution in [2.24, 2.45) is 11.8 Å². The van der Waals surface area contributed by atoms with E-state index in [0.717, 1.165) is 24.8 Å². The second kappa shape index (κ2) is 7.46. The second-order valence-electron chi connectivity index (χ2n) is 5.27. The van der Waals surface area contributed by atoms with Crippen LogP contribution in [0.25, 0.3) is 6.08 Å². The number of halogens is 1. The lowest BCUT2D eigenvalue weighted by atomic mass is 9.97. The van der Waals surface area contributed by atoms with E-state index in [-0.39, 0.29) is 12.5 Å². The SMILES string of the molecule is O=C(C=Cc1cccc(Cl)c1)NCC1CCCC1CO. The monoisotopic (exact) mass is 293 g/mol. The van der Waals surface area contributed by atoms with Gasteiger partial charge in [-0.3, -0.25) is 4.79 Å². The third kappa shape index (κ3) is 4.36. The van der Waals surface area contributed by atoms with E-state index in [9.17, 15) is 9.90 Å². The Morgan fingerprint density at radius 2 is 2.20 bits per heavy atom. The number of hydrogen-bond acceptors (Lipinski definition) is 2. The van der Waals surface area contributed by atoms with Gasteiger partial charge in [0, 0.05) is 24.3 Å². The highest BCUT2D eigenvalue weighted by molar-refractivity contribution is 6.30. The summed E-state index contributed by atoms with van der Waals surface area (Å²) in [4.78, 5) is 11.8. The maximum atomic E-state index is 11.8. The number of amides is 1. The molecule has 0 spiro atoms. The first-order valence-electron chi connectivity index (χ1n) is 7.01. The third-order valence-electron chi connectivity index (χ3n) is 3.87. The van der Waals surface area contributed by atoms with Crippen LogP contribution < -0.4 is 5.32 Å². The minimum atomic E-state index is -0.103. The van der Waals surface area contributed by atoms with Crippen molar-refractivity contribution in [1.82, 2.24) is 5.32 Å². The molecule has 1 aliphatic carbocycles. The lowest BCUT2D eigenvalue weighted by Crippen LogP contribution is -2.30. The highest BCUT2D eigenvalue weighted by Gasteiger charge is 2.26. The van der Waals surface area contributed by atoms with Crippen LogP contribution in [-0.4, -0.2) is 24.2 Å². The standard InChI is InChI=1S/C16H20ClNO2/c17-15-6-1-3-12(9-15)7-8-16(20)18-10-13-4-2-5-14(13)11-19/h1,3,6-9,13-14,19H,2,4-5,10-11H2,(H,18,20). The topological polar surface area (TPSA) is 49.3 Å². The molecule has 2 unspecified atom stereocenters. The molecule has 0 aliphatic heterocycles. The van der Waals surface area contributed by atoms with Crippen LogP contribution in [-0.2, 0) is 4.79 Å². The van der Waals surface area contributed by atoms with E-state index in [1.165, 1.54) is 6.08 Å². The molecular formula is C16H20ClNO2. The molecular weight excluding hydrogens is 274 g/mol. The molecule has 0 saturated heterocycles. The maximum absolute atomic E-state index is 11.8. The fourth-order valence-corrected chi connectivity index (χ4v) is 2.89. The normalized spacial score (nSPS) is 22.3. The van der Waals surface area contributed by atoms with Crippen molar-refractivity contribution >= 4 is 23.6 Å². The highest BCUT2D eigenvalue weighted by atomic mass is 35.5. The third-order valence-corrected chi connectivity index (χ3v) is 4.10. The molecule has 0 heterocycles. The summed E-state index contributed by atoms with van der Waals surface area (Å²) < 4.78 is 0. The molecule has 2 atom stereocenters. The molecule has 0 bridgehead atoms. The molecule has 1 aromatic rings. The van der Waals surface area contributed by atoms with Gasteiger partial charge in [0.15, 0.2) is 0 Å². The Hall–Kier alpha value is -1.32. The molecule has 1 aromatic carbocycles. The van der Waals surface area contributed by atoms with Crippen LogP contribution in [0.2, 0.25) is 5.02 Å². The number of rotatable bonds is 5. The zero-order chi connectivity index (χ0) is 14.4. The number of hydrogen-bond donors (Lipinski definition) is 2. The number of carbonyl (C=O) groups excluding carboxylic acids is 1. The van der Waals surface area contributed by atoms with Gasteiger partial charge in [-0.25, -0.2) is 0 Å². The number of carbonyl (C=O) groups is 1. The lowest BCUT2D eigenvalue weighted by Gasteiger charge is -2.17. The fourth-order valence-electron chi connectivity index (χ4n) is 2.70. The van der Waals surface area contributed by atoms with Gasteiger partial charge in [0.25, 0.3) is 0 Å². The second-order valence-corrected chi connectivity index (χ2v) is 5.70. The molecule has 0 radical (unpaired) electrons. The molecule has 1 saturated carbocycles. The molecule has 1 fully saturated rings. The van der Waals surface area contributed by atoms with E-state index in [0.29, 0.717) is 23.4 Å². The Morgan fingerprint density at radius 1 is 1.40 bits per heavy atom. The smallest absolute Gasteiger partial charge is 0.244 e. The van der Waals surface area contributed by atoms with Crippen molar-refractivity contribution < 1.29 is 9.90 Å². The summed E-state index contributed by atoms with van der Waals surface area (Å²) in [6.07, 6.45) is 6.57. The van der Waals surface area contributed by atoms with Crippen LogP contribution >= 0.6 is 11.6 Å². The van der Waals surface area contributed by atoms with Crippen LogP contribution in [0.15, 0.2) is 30.3 Å². The molecule has 0 aromatic heterocycles. The summed E-state index contributed by atoms with van der Waals surface area (Å²) in [6.45, 7) is 0.864. The molecule has 108 valence electrons. The first kappa shape index (κ1) is 15.1. The van der Waals surface area contributed by atoms with E-state index in [4.69, 9.17) is 11.6 Å². The van der Waals surface area contributed by atoms with Crippen LogP contribution in [0.5, 0.6) is 0 Å². The van der Waals surface area contributed by atoms with Gasteiger partial charge in [0.05, 0.1) is 0 Å². The average molecular weight is 294 g/mol. The summed E-state index contributed by atoms with van der Waals surface area (Å²) in [6, 6.07) is 7.36. The summed E-state index contributed by atoms with van der Waals surface area (Å²) in [5, 5.41) is 12.8. The van der Waals surface area contributed by atoms with Gasteiger partial charge < -0.3 is 10.4 Å². The van der Waals surface area contributed by atoms with Gasteiger partial charge in [-0.15, -0.1) is 0 Å². The Balaban J connectivity index is 1.80. The van der Waals surface area contributed by atoms with Crippen molar-refractivity contribution in [3.05, 3.63) is 40.9 Å². The molecule has 1 aliphatic rings. The predicted molar refractivity (Wildman–Crippen MR) is 81.4 cm³/mol. The van der Waals surface area contributed by atoms with E-state index >= 15 is 0 Å². The zero-order valence-electron chi connectivity index (χ0n) is 11.4. The first-order valence-corrected chi connectivity index (χ1v) is 7.39. The highest BCUT2D eigenvalue weighted by Crippen LogP contribution is 2.30. The number of aliphatic hydroxyl groups is 1.